The Morgan fingerprint density at radius 2 is 0.519 bits per heavy atom. The van der Waals surface area contributed by atoms with Crippen LogP contribution in [0.3, 0.4) is 0 Å². The third-order valence-corrected chi connectivity index (χ3v) is 17.0. The van der Waals surface area contributed by atoms with Crippen molar-refractivity contribution in [1.29, 1.82) is 0 Å². The molecule has 0 fully saturated rings. The van der Waals surface area contributed by atoms with Crippen molar-refractivity contribution in [3.05, 3.63) is 194 Å². The second kappa shape index (κ2) is 75.1. The lowest BCUT2D eigenvalue weighted by atomic mass is 10.1. The lowest BCUT2D eigenvalue weighted by Gasteiger charge is -2.21. The highest BCUT2D eigenvalue weighted by molar-refractivity contribution is 7.47. The summed E-state index contributed by atoms with van der Waals surface area (Å²) in [5.74, 6) is -2.44. The summed E-state index contributed by atoms with van der Waals surface area (Å²) in [6.07, 6.45) is 91.8. The molecule has 17 nitrogen and oxygen atoms in total. The van der Waals surface area contributed by atoms with E-state index in [0.717, 1.165) is 128 Å². The van der Waals surface area contributed by atoms with Crippen LogP contribution >= 0.6 is 15.6 Å². The van der Waals surface area contributed by atoms with Gasteiger partial charge in [0.25, 0.3) is 0 Å². The summed E-state index contributed by atoms with van der Waals surface area (Å²) in [5.41, 5.74) is 0. The van der Waals surface area contributed by atoms with Crippen molar-refractivity contribution in [2.75, 3.05) is 39.6 Å². The van der Waals surface area contributed by atoms with Gasteiger partial charge in [-0.15, -0.1) is 0 Å². The van der Waals surface area contributed by atoms with Gasteiger partial charge in [0.1, 0.15) is 19.3 Å². The quantitative estimate of drug-likeness (QED) is 0.0169. The van der Waals surface area contributed by atoms with E-state index >= 15 is 0 Å². The van der Waals surface area contributed by atoms with Gasteiger partial charge in [-0.25, -0.2) is 9.13 Å². The van der Waals surface area contributed by atoms with Gasteiger partial charge in [0.15, 0.2) is 12.2 Å². The van der Waals surface area contributed by atoms with Crippen molar-refractivity contribution in [1.82, 2.24) is 0 Å². The van der Waals surface area contributed by atoms with Gasteiger partial charge in [-0.05, 0) is 141 Å². The Morgan fingerprint density at radius 3 is 0.846 bits per heavy atom. The molecule has 5 atom stereocenters. The number of aliphatic hydroxyl groups excluding tert-OH is 1. The Kier molecular flexibility index (Phi) is 70.7. The maximum absolute atomic E-state index is 13.1. The van der Waals surface area contributed by atoms with Gasteiger partial charge in [-0.3, -0.25) is 37.3 Å². The van der Waals surface area contributed by atoms with E-state index in [4.69, 9.17) is 37.0 Å². The van der Waals surface area contributed by atoms with Crippen LogP contribution in [0.5, 0.6) is 0 Å². The number of hydrogen-bond acceptors (Lipinski definition) is 15. The predicted molar refractivity (Wildman–Crippen MR) is 426 cm³/mol. The fourth-order valence-corrected chi connectivity index (χ4v) is 10.9. The summed E-state index contributed by atoms with van der Waals surface area (Å²) in [5, 5.41) is 10.6. The van der Waals surface area contributed by atoms with E-state index in [9.17, 15) is 43.2 Å². The number of aliphatic hydroxyl groups is 1. The zero-order chi connectivity index (χ0) is 76.0. The second-order valence-electron chi connectivity index (χ2n) is 24.8. The molecule has 5 unspecified atom stereocenters. The Morgan fingerprint density at radius 1 is 0.279 bits per heavy atom. The molecule has 0 heterocycles. The number of phosphoric ester groups is 2. The van der Waals surface area contributed by atoms with Gasteiger partial charge < -0.3 is 33.8 Å². The molecule has 0 aromatic heterocycles. The molecule has 0 radical (unpaired) electrons. The number of rotatable bonds is 70. The molecule has 0 aromatic rings. The summed E-state index contributed by atoms with van der Waals surface area (Å²) < 4.78 is 68.3. The smallest absolute Gasteiger partial charge is 0.462 e. The molecule has 0 saturated heterocycles. The first kappa shape index (κ1) is 97.9. The second-order valence-corrected chi connectivity index (χ2v) is 27.7. The summed E-state index contributed by atoms with van der Waals surface area (Å²) >= 11 is 0. The molecular formula is C85H134O17P2. The third kappa shape index (κ3) is 74.2. The minimum atomic E-state index is -5.02. The lowest BCUT2D eigenvalue weighted by molar-refractivity contribution is -0.161. The van der Waals surface area contributed by atoms with Crippen LogP contribution in [0.25, 0.3) is 0 Å². The summed E-state index contributed by atoms with van der Waals surface area (Å²) in [6, 6.07) is 0. The number of phosphoric acid groups is 2. The first-order valence-corrected chi connectivity index (χ1v) is 41.7. The molecule has 0 aromatic carbocycles. The number of ether oxygens (including phenoxy) is 4. The number of carbonyl (C=O) groups excluding carboxylic acids is 4. The molecule has 0 aliphatic rings. The van der Waals surface area contributed by atoms with Gasteiger partial charge in [0, 0.05) is 25.7 Å². The highest BCUT2D eigenvalue weighted by Crippen LogP contribution is 2.45. The molecule has 0 aliphatic heterocycles. The molecule has 0 rings (SSSR count). The molecule has 586 valence electrons. The van der Waals surface area contributed by atoms with Gasteiger partial charge >= 0.3 is 39.5 Å². The highest BCUT2D eigenvalue weighted by atomic mass is 31.2. The van der Waals surface area contributed by atoms with Crippen molar-refractivity contribution in [2.45, 2.75) is 277 Å². The van der Waals surface area contributed by atoms with Crippen molar-refractivity contribution < 1.29 is 80.2 Å². The SMILES string of the molecule is CC/C=C\C/C=C\C/C=C\C/C=C\C/C=C\C/C=C\CCC(=O)OCC(COP(=O)(O)OCC(O)COP(=O)(O)OCC(COC(=O)CCCC/C=C\C/C=C\C/C=C\C/C=C\CC)OC(=O)CCCCCCCCCCCCC)OC(=O)CC/C=C\C/C=C\C/C=C\C/C=C\C/C=C\C/C=C\CC. The predicted octanol–water partition coefficient (Wildman–Crippen LogP) is 22.5. The third-order valence-electron chi connectivity index (χ3n) is 15.1. The fraction of sp³-hybridized carbons (Fsp3) is 0.576. The van der Waals surface area contributed by atoms with E-state index in [0.29, 0.717) is 38.5 Å². The zero-order valence-electron chi connectivity index (χ0n) is 63.9. The Bertz CT molecular complexity index is 2740. The first-order chi connectivity index (χ1) is 50.7. The van der Waals surface area contributed by atoms with Gasteiger partial charge in [0.05, 0.1) is 26.4 Å². The van der Waals surface area contributed by atoms with E-state index in [2.05, 4.69) is 186 Å². The van der Waals surface area contributed by atoms with E-state index in [1.54, 1.807) is 0 Å². The van der Waals surface area contributed by atoms with Crippen LogP contribution in [0, 0.1) is 0 Å². The number of esters is 4. The van der Waals surface area contributed by atoms with E-state index < -0.39 is 97.5 Å². The average molecular weight is 1490 g/mol. The monoisotopic (exact) mass is 1490 g/mol. The Labute approximate surface area is 627 Å². The largest absolute Gasteiger partial charge is 0.472 e. The van der Waals surface area contributed by atoms with Crippen LogP contribution in [0.4, 0.5) is 0 Å². The zero-order valence-corrected chi connectivity index (χ0v) is 65.6. The number of hydrogen-bond donors (Lipinski definition) is 3. The molecular weight excluding hydrogens is 1350 g/mol. The van der Waals surface area contributed by atoms with Crippen LogP contribution < -0.4 is 0 Å². The van der Waals surface area contributed by atoms with E-state index in [1.165, 1.54) is 38.5 Å². The Balaban J connectivity index is 5.54. The topological polar surface area (TPSA) is 237 Å². The molecule has 0 amide bonds. The van der Waals surface area contributed by atoms with Crippen LogP contribution in [0.2, 0.25) is 0 Å². The number of unbranched alkanes of at least 4 members (excludes halogenated alkanes) is 12. The molecule has 3 N–H and O–H groups in total. The lowest BCUT2D eigenvalue weighted by Crippen LogP contribution is -2.30. The van der Waals surface area contributed by atoms with Crippen LogP contribution in [-0.4, -0.2) is 96.7 Å². The molecule has 19 heteroatoms. The van der Waals surface area contributed by atoms with Gasteiger partial charge in [-0.2, -0.15) is 0 Å². The molecule has 0 aliphatic carbocycles. The first-order valence-electron chi connectivity index (χ1n) is 38.7. The Hall–Kier alpha value is -6.10. The normalized spacial score (nSPS) is 15.0. The minimum absolute atomic E-state index is 0.0116. The molecule has 0 saturated carbocycles. The van der Waals surface area contributed by atoms with Crippen LogP contribution in [0.1, 0.15) is 259 Å². The minimum Gasteiger partial charge on any atom is -0.462 e. The fourth-order valence-electron chi connectivity index (χ4n) is 9.32. The molecule has 104 heavy (non-hydrogen) atoms. The van der Waals surface area contributed by atoms with Crippen molar-refractivity contribution in [3.8, 4) is 0 Å². The van der Waals surface area contributed by atoms with Gasteiger partial charge in [0.2, 0.25) is 0 Å². The number of allylic oxidation sites excluding steroid dienone is 32. The van der Waals surface area contributed by atoms with E-state index in [-0.39, 0.29) is 25.7 Å². The van der Waals surface area contributed by atoms with Crippen molar-refractivity contribution in [3.63, 3.8) is 0 Å². The maximum atomic E-state index is 13.1. The standard InChI is InChI=1S/C85H134O17P2/c1-5-9-13-17-21-25-29-32-35-37-39-41-44-47-51-54-58-62-66-70-83(88)96-76-81(102-85(90)72-68-64-60-56-52-48-45-42-40-38-36-33-30-26-22-18-14-10-6-2)78-100-104(93,94)98-74-79(86)73-97-103(91,92)99-77-80(101-84(89)71-67-63-59-55-49-28-24-20-16-12-8-4)75-95-82(87)69-65-61-57-53-50-46-43-34-31-27-23-19-15-11-7-3/h9-11,13-15,21-23,25-27,32-36,39-43,47-48,50-53,58,60,62,64,79-81,86H,5-8,12,16-20,24,28-31,37-38,44-46,49,54-57,59,61,63,65-78H2,1-4H3,(H,91,92)(H,93,94)/b13-9-,14-10-,15-11-,25-21-,26-22-,27-23-,35-32-,36-33-,41-39-,42-40-,43-34-,51-47-,52-48-,53-50-,62-58-,64-60-. The average Bonchev–Trinajstić information content (AvgIpc) is 0.928. The highest BCUT2D eigenvalue weighted by Gasteiger charge is 2.30. The van der Waals surface area contributed by atoms with Crippen molar-refractivity contribution >= 4 is 39.5 Å². The summed E-state index contributed by atoms with van der Waals surface area (Å²) in [7, 11) is -10.0. The summed E-state index contributed by atoms with van der Waals surface area (Å²) in [4.78, 5) is 72.8. The number of carbonyl (C=O) groups is 4. The molecule has 0 bridgehead atoms. The van der Waals surface area contributed by atoms with Gasteiger partial charge in [-0.1, -0.05) is 286 Å². The van der Waals surface area contributed by atoms with Crippen molar-refractivity contribution in [2.24, 2.45) is 0 Å². The molecule has 0 spiro atoms. The van der Waals surface area contributed by atoms with Crippen LogP contribution in [-0.2, 0) is 65.4 Å². The maximum Gasteiger partial charge on any atom is 0.472 e. The van der Waals surface area contributed by atoms with Crippen LogP contribution in [0.15, 0.2) is 194 Å². The summed E-state index contributed by atoms with van der Waals surface area (Å²) in [6.45, 7) is 4.26. The van der Waals surface area contributed by atoms with E-state index in [1.807, 2.05) is 36.5 Å².